The quantitative estimate of drug-likeness (QED) is 0.917. The Bertz CT molecular complexity index is 764. The number of rotatable bonds is 4. The highest BCUT2D eigenvalue weighted by molar-refractivity contribution is 5.19. The van der Waals surface area contributed by atoms with Gasteiger partial charge < -0.3 is 9.88 Å². The van der Waals surface area contributed by atoms with E-state index in [4.69, 9.17) is 0 Å². The molecule has 0 radical (unpaired) electrons. The highest BCUT2D eigenvalue weighted by Gasteiger charge is 2.10. The van der Waals surface area contributed by atoms with E-state index in [0.717, 1.165) is 10.1 Å². The Labute approximate surface area is 121 Å². The third-order valence-electron chi connectivity index (χ3n) is 3.46. The summed E-state index contributed by atoms with van der Waals surface area (Å²) in [6.07, 6.45) is 1.52. The van der Waals surface area contributed by atoms with Gasteiger partial charge in [-0.25, -0.2) is 9.18 Å². The Morgan fingerprint density at radius 3 is 2.67 bits per heavy atom. The van der Waals surface area contributed by atoms with Gasteiger partial charge in [0, 0.05) is 38.4 Å². The number of nitrogens with one attached hydrogen (secondary N) is 1. The second-order valence-electron chi connectivity index (χ2n) is 5.07. The summed E-state index contributed by atoms with van der Waals surface area (Å²) in [5, 5.41) is 3.16. The largest absolute Gasteiger partial charge is 0.330 e. The summed E-state index contributed by atoms with van der Waals surface area (Å²) in [7, 11) is 3.05. The molecular formula is C15H18FN3O2. The fraction of sp³-hybridized carbons (Fsp3) is 0.333. The van der Waals surface area contributed by atoms with E-state index in [2.05, 4.69) is 5.32 Å². The van der Waals surface area contributed by atoms with Crippen molar-refractivity contribution in [2.24, 2.45) is 14.1 Å². The van der Waals surface area contributed by atoms with Crippen molar-refractivity contribution in [3.8, 4) is 0 Å². The lowest BCUT2D eigenvalue weighted by atomic mass is 10.1. The molecule has 0 unspecified atom stereocenters. The van der Waals surface area contributed by atoms with Crippen LogP contribution in [0, 0.1) is 5.82 Å². The summed E-state index contributed by atoms with van der Waals surface area (Å²) in [6.45, 7) is 2.19. The van der Waals surface area contributed by atoms with Crippen LogP contribution in [0.25, 0.3) is 0 Å². The van der Waals surface area contributed by atoms with Gasteiger partial charge in [0.2, 0.25) is 0 Å². The normalized spacial score (nSPS) is 12.4. The molecule has 0 aliphatic rings. The van der Waals surface area contributed by atoms with E-state index in [-0.39, 0.29) is 23.1 Å². The number of benzene rings is 1. The molecule has 1 heterocycles. The van der Waals surface area contributed by atoms with Crippen LogP contribution in [-0.4, -0.2) is 9.13 Å². The summed E-state index contributed by atoms with van der Waals surface area (Å²) in [4.78, 5) is 23.6. The number of aromatic nitrogens is 2. The lowest BCUT2D eigenvalue weighted by Crippen LogP contribution is -2.39. The molecule has 0 spiro atoms. The van der Waals surface area contributed by atoms with Gasteiger partial charge in [0.05, 0.1) is 0 Å². The predicted molar refractivity (Wildman–Crippen MR) is 78.6 cm³/mol. The molecule has 1 atom stereocenters. The maximum absolute atomic E-state index is 13.2. The fourth-order valence-electron chi connectivity index (χ4n) is 2.16. The monoisotopic (exact) mass is 291 g/mol. The number of hydrogen-bond donors (Lipinski definition) is 1. The maximum atomic E-state index is 13.2. The van der Waals surface area contributed by atoms with Crippen molar-refractivity contribution < 1.29 is 4.39 Å². The molecule has 0 fully saturated rings. The lowest BCUT2D eigenvalue weighted by Gasteiger charge is -2.15. The minimum absolute atomic E-state index is 0.109. The van der Waals surface area contributed by atoms with E-state index in [9.17, 15) is 14.0 Å². The number of nitrogens with zero attached hydrogens (tertiary/aromatic N) is 2. The molecule has 0 bridgehead atoms. The first kappa shape index (κ1) is 15.2. The van der Waals surface area contributed by atoms with Crippen LogP contribution >= 0.6 is 0 Å². The van der Waals surface area contributed by atoms with Gasteiger partial charge in [-0.1, -0.05) is 12.1 Å². The highest BCUT2D eigenvalue weighted by Crippen LogP contribution is 2.13. The molecule has 1 aromatic heterocycles. The summed E-state index contributed by atoms with van der Waals surface area (Å²) in [6, 6.07) is 6.20. The van der Waals surface area contributed by atoms with E-state index < -0.39 is 0 Å². The molecule has 5 nitrogen and oxygen atoms in total. The van der Waals surface area contributed by atoms with Crippen molar-refractivity contribution >= 4 is 0 Å². The summed E-state index contributed by atoms with van der Waals surface area (Å²) >= 11 is 0. The van der Waals surface area contributed by atoms with E-state index in [1.165, 1.54) is 29.9 Å². The fourth-order valence-corrected chi connectivity index (χ4v) is 2.16. The Morgan fingerprint density at radius 2 is 2.00 bits per heavy atom. The smallest absolute Gasteiger partial charge is 0.306 e. The average Bonchev–Trinajstić information content (AvgIpc) is 2.47. The van der Waals surface area contributed by atoms with Crippen molar-refractivity contribution in [2.75, 3.05) is 0 Å². The van der Waals surface area contributed by atoms with Crippen LogP contribution in [-0.2, 0) is 20.6 Å². The predicted octanol–water partition coefficient (Wildman–Crippen LogP) is 1.07. The highest BCUT2D eigenvalue weighted by atomic mass is 19.1. The molecule has 21 heavy (non-hydrogen) atoms. The third kappa shape index (κ3) is 3.28. The van der Waals surface area contributed by atoms with Gasteiger partial charge in [-0.2, -0.15) is 0 Å². The first-order valence-corrected chi connectivity index (χ1v) is 6.64. The van der Waals surface area contributed by atoms with Crippen molar-refractivity contribution in [1.82, 2.24) is 14.5 Å². The topological polar surface area (TPSA) is 56.0 Å². The van der Waals surface area contributed by atoms with Crippen LogP contribution in [0.4, 0.5) is 4.39 Å². The molecule has 6 heteroatoms. The van der Waals surface area contributed by atoms with Crippen molar-refractivity contribution in [3.05, 3.63) is 68.2 Å². The van der Waals surface area contributed by atoms with Crippen LogP contribution in [0.3, 0.4) is 0 Å². The van der Waals surface area contributed by atoms with E-state index in [1.54, 1.807) is 13.1 Å². The maximum Gasteiger partial charge on any atom is 0.330 e. The van der Waals surface area contributed by atoms with Gasteiger partial charge in [0.15, 0.2) is 0 Å². The third-order valence-corrected chi connectivity index (χ3v) is 3.46. The molecule has 2 aromatic rings. The molecule has 112 valence electrons. The van der Waals surface area contributed by atoms with Gasteiger partial charge >= 0.3 is 5.69 Å². The van der Waals surface area contributed by atoms with Gasteiger partial charge in [0.1, 0.15) is 5.82 Å². The number of aryl methyl sites for hydroxylation is 1. The molecule has 0 saturated carbocycles. The zero-order valence-electron chi connectivity index (χ0n) is 12.3. The molecule has 1 N–H and O–H groups in total. The van der Waals surface area contributed by atoms with Crippen molar-refractivity contribution in [2.45, 2.75) is 19.5 Å². The molecule has 0 aliphatic carbocycles. The molecule has 0 amide bonds. The first-order chi connectivity index (χ1) is 9.90. The van der Waals surface area contributed by atoms with E-state index >= 15 is 0 Å². The van der Waals surface area contributed by atoms with Gasteiger partial charge in [-0.15, -0.1) is 0 Å². The zero-order chi connectivity index (χ0) is 15.6. The van der Waals surface area contributed by atoms with Crippen LogP contribution < -0.4 is 16.6 Å². The van der Waals surface area contributed by atoms with Crippen LogP contribution in [0.5, 0.6) is 0 Å². The minimum Gasteiger partial charge on any atom is -0.306 e. The summed E-state index contributed by atoms with van der Waals surface area (Å²) < 4.78 is 15.6. The van der Waals surface area contributed by atoms with Crippen LogP contribution in [0.15, 0.2) is 40.1 Å². The zero-order valence-corrected chi connectivity index (χ0v) is 12.3. The molecule has 2 rings (SSSR count). The van der Waals surface area contributed by atoms with Crippen molar-refractivity contribution in [1.29, 1.82) is 0 Å². The molecular weight excluding hydrogens is 273 g/mol. The molecule has 0 saturated heterocycles. The Kier molecular flexibility index (Phi) is 4.37. The standard InChI is InChI=1S/C15H18FN3O2/c1-10(11-5-4-6-13(16)7-11)17-8-12-9-18(2)15(21)19(3)14(12)20/h4-7,9-10,17H,8H2,1-3H3/t10-/m0/s1. The van der Waals surface area contributed by atoms with Crippen LogP contribution in [0.1, 0.15) is 24.1 Å². The van der Waals surface area contributed by atoms with Gasteiger partial charge in [-0.3, -0.25) is 9.36 Å². The summed E-state index contributed by atoms with van der Waals surface area (Å²) in [5.74, 6) is -0.292. The Morgan fingerprint density at radius 1 is 1.29 bits per heavy atom. The summed E-state index contributed by atoms with van der Waals surface area (Å²) in [5.41, 5.74) is 0.610. The molecule has 0 aliphatic heterocycles. The Hall–Kier alpha value is -2.21. The number of hydrogen-bond acceptors (Lipinski definition) is 3. The van der Waals surface area contributed by atoms with Gasteiger partial charge in [-0.05, 0) is 24.6 Å². The van der Waals surface area contributed by atoms with Crippen molar-refractivity contribution in [3.63, 3.8) is 0 Å². The second kappa shape index (κ2) is 6.05. The lowest BCUT2D eigenvalue weighted by molar-refractivity contribution is 0.552. The van der Waals surface area contributed by atoms with Crippen LogP contribution in [0.2, 0.25) is 0 Å². The number of halogens is 1. The Balaban J connectivity index is 2.17. The molecule has 1 aromatic carbocycles. The minimum atomic E-state index is -0.359. The average molecular weight is 291 g/mol. The van der Waals surface area contributed by atoms with E-state index in [1.807, 2.05) is 13.0 Å². The SMILES string of the molecule is C[C@H](NCc1cn(C)c(=O)n(C)c1=O)c1cccc(F)c1. The van der Waals surface area contributed by atoms with E-state index in [0.29, 0.717) is 12.1 Å². The first-order valence-electron chi connectivity index (χ1n) is 6.64. The second-order valence-corrected chi connectivity index (χ2v) is 5.07. The van der Waals surface area contributed by atoms with Gasteiger partial charge in [0.25, 0.3) is 5.56 Å².